The standard InChI is InChI=1S/C17H26N2O3/c1-19(12-13-21-2)16-10-8-15(9-11-16)18-22-17(20)14-6-4-3-5-7-14/h3-7,15-16,18H,8-13H2,1-2H3. The molecule has 0 bridgehead atoms. The van der Waals surface area contributed by atoms with Crippen molar-refractivity contribution in [1.82, 2.24) is 10.4 Å². The maximum absolute atomic E-state index is 11.9. The Kier molecular flexibility index (Phi) is 6.83. The number of benzene rings is 1. The molecule has 5 heteroatoms. The highest BCUT2D eigenvalue weighted by Gasteiger charge is 2.24. The molecular weight excluding hydrogens is 280 g/mol. The highest BCUT2D eigenvalue weighted by atomic mass is 16.7. The molecule has 0 aliphatic heterocycles. The van der Waals surface area contributed by atoms with E-state index in [1.165, 1.54) is 0 Å². The van der Waals surface area contributed by atoms with E-state index in [1.807, 2.05) is 18.2 Å². The monoisotopic (exact) mass is 306 g/mol. The van der Waals surface area contributed by atoms with Gasteiger partial charge in [0.15, 0.2) is 0 Å². The van der Waals surface area contributed by atoms with E-state index in [2.05, 4.69) is 17.4 Å². The van der Waals surface area contributed by atoms with Gasteiger partial charge >= 0.3 is 5.97 Å². The van der Waals surface area contributed by atoms with E-state index in [0.29, 0.717) is 11.6 Å². The highest BCUT2D eigenvalue weighted by molar-refractivity contribution is 5.89. The molecule has 2 rings (SSSR count). The average Bonchev–Trinajstić information content (AvgIpc) is 2.58. The van der Waals surface area contributed by atoms with E-state index in [1.54, 1.807) is 19.2 Å². The van der Waals surface area contributed by atoms with Crippen LogP contribution in [0.3, 0.4) is 0 Å². The van der Waals surface area contributed by atoms with Gasteiger partial charge in [0, 0.05) is 25.7 Å². The van der Waals surface area contributed by atoms with Crippen LogP contribution in [-0.2, 0) is 9.57 Å². The van der Waals surface area contributed by atoms with Gasteiger partial charge in [-0.2, -0.15) is 0 Å². The molecule has 0 spiro atoms. The van der Waals surface area contributed by atoms with Crippen LogP contribution in [0, 0.1) is 0 Å². The molecule has 1 fully saturated rings. The number of likely N-dealkylation sites (N-methyl/N-ethyl adjacent to an activating group) is 1. The van der Waals surface area contributed by atoms with Crippen molar-refractivity contribution in [2.75, 3.05) is 27.3 Å². The van der Waals surface area contributed by atoms with Gasteiger partial charge in [-0.1, -0.05) is 18.2 Å². The van der Waals surface area contributed by atoms with Crippen LogP contribution >= 0.6 is 0 Å². The summed E-state index contributed by atoms with van der Waals surface area (Å²) >= 11 is 0. The Morgan fingerprint density at radius 1 is 1.23 bits per heavy atom. The third-order valence-electron chi connectivity index (χ3n) is 4.30. The van der Waals surface area contributed by atoms with Crippen LogP contribution in [0.2, 0.25) is 0 Å². The molecule has 1 N–H and O–H groups in total. The van der Waals surface area contributed by atoms with Crippen LogP contribution in [-0.4, -0.2) is 50.3 Å². The number of nitrogens with one attached hydrogen (secondary N) is 1. The summed E-state index contributed by atoms with van der Waals surface area (Å²) in [7, 11) is 3.88. The van der Waals surface area contributed by atoms with Gasteiger partial charge in [-0.05, 0) is 44.9 Å². The second-order valence-corrected chi connectivity index (χ2v) is 5.85. The zero-order valence-electron chi connectivity index (χ0n) is 13.5. The molecule has 0 atom stereocenters. The quantitative estimate of drug-likeness (QED) is 0.783. The summed E-state index contributed by atoms with van der Waals surface area (Å²) in [6.07, 6.45) is 4.26. The van der Waals surface area contributed by atoms with Crippen LogP contribution in [0.1, 0.15) is 36.0 Å². The maximum Gasteiger partial charge on any atom is 0.356 e. The Bertz CT molecular complexity index is 444. The Morgan fingerprint density at radius 2 is 1.91 bits per heavy atom. The number of hydrogen-bond donors (Lipinski definition) is 1. The lowest BCUT2D eigenvalue weighted by Gasteiger charge is -2.34. The summed E-state index contributed by atoms with van der Waals surface area (Å²) < 4.78 is 5.12. The van der Waals surface area contributed by atoms with Crippen molar-refractivity contribution in [2.45, 2.75) is 37.8 Å². The molecule has 22 heavy (non-hydrogen) atoms. The van der Waals surface area contributed by atoms with Crippen molar-refractivity contribution in [2.24, 2.45) is 0 Å². The molecule has 122 valence electrons. The summed E-state index contributed by atoms with van der Waals surface area (Å²) in [4.78, 5) is 19.4. The number of carbonyl (C=O) groups excluding carboxylic acids is 1. The summed E-state index contributed by atoms with van der Waals surface area (Å²) in [6.45, 7) is 1.73. The van der Waals surface area contributed by atoms with Gasteiger partial charge in [-0.15, -0.1) is 5.48 Å². The Balaban J connectivity index is 1.68. The van der Waals surface area contributed by atoms with Crippen LogP contribution in [0.5, 0.6) is 0 Å². The lowest BCUT2D eigenvalue weighted by molar-refractivity contribution is 0.00718. The Hall–Kier alpha value is -1.43. The van der Waals surface area contributed by atoms with E-state index >= 15 is 0 Å². The molecule has 1 aliphatic carbocycles. The molecule has 1 aliphatic rings. The first kappa shape index (κ1) is 16.9. The Morgan fingerprint density at radius 3 is 2.55 bits per heavy atom. The fraction of sp³-hybridized carbons (Fsp3) is 0.588. The van der Waals surface area contributed by atoms with E-state index in [-0.39, 0.29) is 12.0 Å². The summed E-state index contributed by atoms with van der Waals surface area (Å²) in [5, 5.41) is 0. The molecule has 1 aromatic rings. The van der Waals surface area contributed by atoms with Gasteiger partial charge < -0.3 is 14.5 Å². The van der Waals surface area contributed by atoms with Gasteiger partial charge in [-0.3, -0.25) is 0 Å². The normalized spacial score (nSPS) is 21.8. The van der Waals surface area contributed by atoms with Crippen molar-refractivity contribution in [1.29, 1.82) is 0 Å². The first-order valence-corrected chi connectivity index (χ1v) is 7.91. The number of hydroxylamine groups is 1. The van der Waals surface area contributed by atoms with Crippen molar-refractivity contribution in [3.05, 3.63) is 35.9 Å². The molecule has 1 saturated carbocycles. The minimum atomic E-state index is -0.320. The topological polar surface area (TPSA) is 50.8 Å². The van der Waals surface area contributed by atoms with Crippen LogP contribution in [0.15, 0.2) is 30.3 Å². The molecule has 0 amide bonds. The fourth-order valence-corrected chi connectivity index (χ4v) is 2.82. The molecule has 0 heterocycles. The third kappa shape index (κ3) is 5.09. The predicted octanol–water partition coefficient (Wildman–Crippen LogP) is 2.24. The highest BCUT2D eigenvalue weighted by Crippen LogP contribution is 2.22. The number of ether oxygens (including phenoxy) is 1. The SMILES string of the molecule is COCCN(C)C1CCC(NOC(=O)c2ccccc2)CC1. The van der Waals surface area contributed by atoms with Gasteiger partial charge in [0.25, 0.3) is 0 Å². The second-order valence-electron chi connectivity index (χ2n) is 5.85. The molecule has 0 unspecified atom stereocenters. The maximum atomic E-state index is 11.9. The summed E-state index contributed by atoms with van der Waals surface area (Å²) in [5.41, 5.74) is 3.50. The molecule has 0 saturated heterocycles. The third-order valence-corrected chi connectivity index (χ3v) is 4.30. The van der Waals surface area contributed by atoms with Gasteiger partial charge in [0.1, 0.15) is 0 Å². The van der Waals surface area contributed by atoms with E-state index in [9.17, 15) is 4.79 Å². The smallest absolute Gasteiger partial charge is 0.356 e. The Labute approximate surface area is 132 Å². The lowest BCUT2D eigenvalue weighted by atomic mass is 9.91. The van der Waals surface area contributed by atoms with Crippen molar-refractivity contribution in [3.8, 4) is 0 Å². The number of rotatable bonds is 7. The first-order chi connectivity index (χ1) is 10.7. The zero-order chi connectivity index (χ0) is 15.8. The van der Waals surface area contributed by atoms with E-state index in [0.717, 1.165) is 38.8 Å². The fourth-order valence-electron chi connectivity index (χ4n) is 2.82. The number of hydrogen-bond acceptors (Lipinski definition) is 5. The predicted molar refractivity (Wildman–Crippen MR) is 85.5 cm³/mol. The van der Waals surface area contributed by atoms with Crippen molar-refractivity contribution < 1.29 is 14.4 Å². The van der Waals surface area contributed by atoms with Gasteiger partial charge in [0.2, 0.25) is 0 Å². The van der Waals surface area contributed by atoms with E-state index < -0.39 is 0 Å². The van der Waals surface area contributed by atoms with Crippen molar-refractivity contribution >= 4 is 5.97 Å². The largest absolute Gasteiger partial charge is 0.383 e. The molecule has 0 radical (unpaired) electrons. The number of nitrogens with zero attached hydrogens (tertiary/aromatic N) is 1. The lowest BCUT2D eigenvalue weighted by Crippen LogP contribution is -2.42. The average molecular weight is 306 g/mol. The minimum absolute atomic E-state index is 0.250. The first-order valence-electron chi connectivity index (χ1n) is 7.91. The van der Waals surface area contributed by atoms with Gasteiger partial charge in [0.05, 0.1) is 12.2 Å². The van der Waals surface area contributed by atoms with Gasteiger partial charge in [-0.25, -0.2) is 4.79 Å². The van der Waals surface area contributed by atoms with Crippen LogP contribution < -0.4 is 5.48 Å². The van der Waals surface area contributed by atoms with Crippen LogP contribution in [0.25, 0.3) is 0 Å². The molecule has 5 nitrogen and oxygen atoms in total. The number of methoxy groups -OCH3 is 1. The zero-order valence-corrected chi connectivity index (χ0v) is 13.5. The van der Waals surface area contributed by atoms with E-state index in [4.69, 9.17) is 9.57 Å². The molecular formula is C17H26N2O3. The van der Waals surface area contributed by atoms with Crippen LogP contribution in [0.4, 0.5) is 0 Å². The van der Waals surface area contributed by atoms with Crippen molar-refractivity contribution in [3.63, 3.8) is 0 Å². The summed E-state index contributed by atoms with van der Waals surface area (Å²) in [6, 6.07) is 9.90. The number of carbonyl (C=O) groups is 1. The molecule has 1 aromatic carbocycles. The summed E-state index contributed by atoms with van der Waals surface area (Å²) in [5.74, 6) is -0.320. The minimum Gasteiger partial charge on any atom is -0.383 e. The second kappa shape index (κ2) is 8.88. The molecule has 0 aromatic heterocycles.